The molecule has 0 aromatic heterocycles. The molecule has 1 aromatic rings. The van der Waals surface area contributed by atoms with Gasteiger partial charge in [0.1, 0.15) is 11.6 Å². The Morgan fingerprint density at radius 1 is 1.67 bits per heavy atom. The van der Waals surface area contributed by atoms with Gasteiger partial charge in [0.25, 0.3) is 11.6 Å². The van der Waals surface area contributed by atoms with Crippen molar-refractivity contribution >= 4 is 23.2 Å². The minimum Gasteiger partial charge on any atom is -0.336 e. The van der Waals surface area contributed by atoms with Crippen molar-refractivity contribution < 1.29 is 9.72 Å². The Labute approximate surface area is 108 Å². The second-order valence-electron chi connectivity index (χ2n) is 3.48. The number of nitro groups is 1. The highest BCUT2D eigenvalue weighted by Gasteiger charge is 2.22. The predicted octanol–water partition coefficient (Wildman–Crippen LogP) is 2.28. The third-order valence-corrected chi connectivity index (χ3v) is 2.51. The zero-order valence-corrected chi connectivity index (χ0v) is 10.3. The summed E-state index contributed by atoms with van der Waals surface area (Å²) < 4.78 is 0. The Morgan fingerprint density at radius 2 is 2.33 bits per heavy atom. The Hall–Kier alpha value is -2.13. The SMILES string of the molecule is CCC(C#N)NC(=O)c1ccc(Cl)cc1[N+](=O)[O-]. The fourth-order valence-corrected chi connectivity index (χ4v) is 1.48. The van der Waals surface area contributed by atoms with Gasteiger partial charge in [0.05, 0.1) is 11.0 Å². The highest BCUT2D eigenvalue weighted by Crippen LogP contribution is 2.23. The average Bonchev–Trinajstić information content (AvgIpc) is 2.35. The molecular formula is C11H10ClN3O3. The Morgan fingerprint density at radius 3 is 2.83 bits per heavy atom. The van der Waals surface area contributed by atoms with Crippen LogP contribution in [0.15, 0.2) is 18.2 Å². The van der Waals surface area contributed by atoms with E-state index in [9.17, 15) is 14.9 Å². The number of nitriles is 1. The van der Waals surface area contributed by atoms with Crippen LogP contribution in [0.4, 0.5) is 5.69 Å². The predicted molar refractivity (Wildman–Crippen MR) is 65.3 cm³/mol. The van der Waals surface area contributed by atoms with E-state index >= 15 is 0 Å². The van der Waals surface area contributed by atoms with Gasteiger partial charge in [-0.3, -0.25) is 14.9 Å². The fraction of sp³-hybridized carbons (Fsp3) is 0.273. The Balaban J connectivity index is 3.06. The van der Waals surface area contributed by atoms with Crippen LogP contribution in [0.2, 0.25) is 5.02 Å². The van der Waals surface area contributed by atoms with E-state index in [4.69, 9.17) is 16.9 Å². The Kier molecular flexibility index (Phi) is 4.63. The second-order valence-corrected chi connectivity index (χ2v) is 3.92. The molecule has 0 saturated heterocycles. The van der Waals surface area contributed by atoms with Gasteiger partial charge in [0, 0.05) is 11.1 Å². The van der Waals surface area contributed by atoms with Gasteiger partial charge >= 0.3 is 0 Å². The first-order chi connectivity index (χ1) is 8.49. The van der Waals surface area contributed by atoms with Crippen LogP contribution in [0.1, 0.15) is 23.7 Å². The van der Waals surface area contributed by atoms with Crippen LogP contribution in [0.25, 0.3) is 0 Å². The summed E-state index contributed by atoms with van der Waals surface area (Å²) in [6.07, 6.45) is 0.420. The number of hydrogen-bond donors (Lipinski definition) is 1. The number of amides is 1. The van der Waals surface area contributed by atoms with E-state index in [0.29, 0.717) is 6.42 Å². The van der Waals surface area contributed by atoms with Gasteiger partial charge in [-0.15, -0.1) is 0 Å². The normalized spacial score (nSPS) is 11.4. The van der Waals surface area contributed by atoms with Crippen molar-refractivity contribution in [2.24, 2.45) is 0 Å². The summed E-state index contributed by atoms with van der Waals surface area (Å²) in [5.41, 5.74) is -0.495. The van der Waals surface area contributed by atoms with E-state index in [-0.39, 0.29) is 16.3 Å². The number of nitro benzene ring substituents is 1. The summed E-state index contributed by atoms with van der Waals surface area (Å²) in [6, 6.07) is 4.96. The molecule has 0 aliphatic rings. The minimum atomic E-state index is -0.686. The van der Waals surface area contributed by atoms with Gasteiger partial charge in [-0.2, -0.15) is 5.26 Å². The number of nitrogens with zero attached hydrogens (tertiary/aromatic N) is 2. The van der Waals surface area contributed by atoms with E-state index in [1.807, 2.05) is 6.07 Å². The summed E-state index contributed by atoms with van der Waals surface area (Å²) in [7, 11) is 0. The molecular weight excluding hydrogens is 258 g/mol. The van der Waals surface area contributed by atoms with Gasteiger partial charge in [0.2, 0.25) is 0 Å². The molecule has 0 fully saturated rings. The number of nitrogens with one attached hydrogen (secondary N) is 1. The topological polar surface area (TPSA) is 96.0 Å². The fourth-order valence-electron chi connectivity index (χ4n) is 1.31. The lowest BCUT2D eigenvalue weighted by Crippen LogP contribution is -2.33. The van der Waals surface area contributed by atoms with Crippen molar-refractivity contribution in [1.29, 1.82) is 5.26 Å². The quantitative estimate of drug-likeness (QED) is 0.668. The third-order valence-electron chi connectivity index (χ3n) is 2.27. The van der Waals surface area contributed by atoms with Crippen molar-refractivity contribution in [2.45, 2.75) is 19.4 Å². The number of rotatable bonds is 4. The molecule has 1 atom stereocenters. The molecule has 1 N–H and O–H groups in total. The lowest BCUT2D eigenvalue weighted by Gasteiger charge is -2.09. The molecule has 0 aliphatic carbocycles. The molecule has 1 aromatic carbocycles. The van der Waals surface area contributed by atoms with E-state index < -0.39 is 16.9 Å². The maximum Gasteiger partial charge on any atom is 0.283 e. The summed E-state index contributed by atoms with van der Waals surface area (Å²) in [5, 5.41) is 22.1. The molecule has 0 spiro atoms. The zero-order chi connectivity index (χ0) is 13.7. The van der Waals surface area contributed by atoms with E-state index in [1.165, 1.54) is 12.1 Å². The molecule has 1 amide bonds. The van der Waals surface area contributed by atoms with Gasteiger partial charge in [-0.1, -0.05) is 18.5 Å². The maximum atomic E-state index is 11.8. The van der Waals surface area contributed by atoms with Crippen LogP contribution in [-0.4, -0.2) is 16.9 Å². The van der Waals surface area contributed by atoms with Gasteiger partial charge in [-0.25, -0.2) is 0 Å². The second kappa shape index (κ2) is 5.98. The number of benzene rings is 1. The van der Waals surface area contributed by atoms with Gasteiger partial charge < -0.3 is 5.32 Å². The van der Waals surface area contributed by atoms with Crippen LogP contribution < -0.4 is 5.32 Å². The largest absolute Gasteiger partial charge is 0.336 e. The molecule has 7 heteroatoms. The number of hydrogen-bond acceptors (Lipinski definition) is 4. The number of carbonyl (C=O) groups excluding carboxylic acids is 1. The van der Waals surface area contributed by atoms with Crippen molar-refractivity contribution in [3.63, 3.8) is 0 Å². The van der Waals surface area contributed by atoms with Crippen molar-refractivity contribution in [1.82, 2.24) is 5.32 Å². The van der Waals surface area contributed by atoms with Crippen LogP contribution in [0.3, 0.4) is 0 Å². The smallest absolute Gasteiger partial charge is 0.283 e. The first kappa shape index (κ1) is 13.9. The summed E-state index contributed by atoms with van der Waals surface area (Å²) in [4.78, 5) is 21.9. The lowest BCUT2D eigenvalue weighted by atomic mass is 10.1. The van der Waals surface area contributed by atoms with E-state index in [2.05, 4.69) is 5.32 Å². The van der Waals surface area contributed by atoms with E-state index in [0.717, 1.165) is 6.07 Å². The van der Waals surface area contributed by atoms with Gasteiger partial charge in [-0.05, 0) is 18.6 Å². The Bertz CT molecular complexity index is 525. The van der Waals surface area contributed by atoms with Crippen molar-refractivity contribution in [3.8, 4) is 6.07 Å². The average molecular weight is 268 g/mol. The molecule has 18 heavy (non-hydrogen) atoms. The van der Waals surface area contributed by atoms with Crippen molar-refractivity contribution in [3.05, 3.63) is 38.9 Å². The first-order valence-corrected chi connectivity index (χ1v) is 5.51. The number of halogens is 1. The standard InChI is InChI=1S/C11H10ClN3O3/c1-2-8(6-13)14-11(16)9-4-3-7(12)5-10(9)15(17)18/h3-5,8H,2H2,1H3,(H,14,16). The molecule has 0 radical (unpaired) electrons. The van der Waals surface area contributed by atoms with Crippen LogP contribution >= 0.6 is 11.6 Å². The highest BCUT2D eigenvalue weighted by molar-refractivity contribution is 6.31. The summed E-state index contributed by atoms with van der Waals surface area (Å²) in [5.74, 6) is -0.660. The molecule has 0 heterocycles. The molecule has 1 rings (SSSR count). The molecule has 0 saturated carbocycles. The van der Waals surface area contributed by atoms with E-state index in [1.54, 1.807) is 6.92 Å². The summed E-state index contributed by atoms with van der Waals surface area (Å²) >= 11 is 5.64. The molecule has 6 nitrogen and oxygen atoms in total. The molecule has 0 aliphatic heterocycles. The van der Waals surface area contributed by atoms with Crippen LogP contribution in [-0.2, 0) is 0 Å². The molecule has 1 unspecified atom stereocenters. The highest BCUT2D eigenvalue weighted by atomic mass is 35.5. The number of carbonyl (C=O) groups is 1. The first-order valence-electron chi connectivity index (χ1n) is 5.14. The minimum absolute atomic E-state index is 0.113. The monoisotopic (exact) mass is 267 g/mol. The molecule has 0 bridgehead atoms. The molecule has 94 valence electrons. The van der Waals surface area contributed by atoms with Crippen LogP contribution in [0.5, 0.6) is 0 Å². The zero-order valence-electron chi connectivity index (χ0n) is 9.51. The van der Waals surface area contributed by atoms with Crippen LogP contribution in [0, 0.1) is 21.4 Å². The maximum absolute atomic E-state index is 11.8. The van der Waals surface area contributed by atoms with Crippen molar-refractivity contribution in [2.75, 3.05) is 0 Å². The van der Waals surface area contributed by atoms with Gasteiger partial charge in [0.15, 0.2) is 0 Å². The third kappa shape index (κ3) is 3.18. The summed E-state index contributed by atoms with van der Waals surface area (Å²) in [6.45, 7) is 1.73. The lowest BCUT2D eigenvalue weighted by molar-refractivity contribution is -0.385.